The third-order valence-corrected chi connectivity index (χ3v) is 6.87. The molecule has 1 saturated heterocycles. The molecule has 3 aromatic rings. The fourth-order valence-electron chi connectivity index (χ4n) is 4.05. The SMILES string of the molecule is Cc1ccc(C(NC(=O)CN2CCN(CCc3ccccc3)CC2)c2cccs2)cc1. The summed E-state index contributed by atoms with van der Waals surface area (Å²) in [5.41, 5.74) is 3.75. The Labute approximate surface area is 189 Å². The normalized spacial score (nSPS) is 16.2. The highest BCUT2D eigenvalue weighted by atomic mass is 32.1. The van der Waals surface area contributed by atoms with Crippen LogP contribution >= 0.6 is 11.3 Å². The van der Waals surface area contributed by atoms with E-state index in [0.717, 1.165) is 44.7 Å². The lowest BCUT2D eigenvalue weighted by molar-refractivity contribution is -0.123. The van der Waals surface area contributed by atoms with Crippen molar-refractivity contribution in [2.24, 2.45) is 0 Å². The van der Waals surface area contributed by atoms with E-state index in [1.807, 2.05) is 6.07 Å². The second-order valence-electron chi connectivity index (χ2n) is 8.28. The number of hydrogen-bond acceptors (Lipinski definition) is 4. The van der Waals surface area contributed by atoms with Gasteiger partial charge in [0.25, 0.3) is 0 Å². The molecule has 4 nitrogen and oxygen atoms in total. The highest BCUT2D eigenvalue weighted by molar-refractivity contribution is 7.10. The first kappa shape index (κ1) is 21.8. The molecule has 0 spiro atoms. The molecule has 1 N–H and O–H groups in total. The molecule has 5 heteroatoms. The molecule has 1 amide bonds. The van der Waals surface area contributed by atoms with E-state index >= 15 is 0 Å². The third kappa shape index (κ3) is 6.26. The summed E-state index contributed by atoms with van der Waals surface area (Å²) in [6.07, 6.45) is 1.08. The van der Waals surface area contributed by atoms with Crippen molar-refractivity contribution in [3.8, 4) is 0 Å². The summed E-state index contributed by atoms with van der Waals surface area (Å²) in [6, 6.07) is 23.2. The van der Waals surface area contributed by atoms with Gasteiger partial charge < -0.3 is 10.2 Å². The first-order valence-electron chi connectivity index (χ1n) is 11.1. The number of carbonyl (C=O) groups is 1. The van der Waals surface area contributed by atoms with Crippen LogP contribution in [0.3, 0.4) is 0 Å². The summed E-state index contributed by atoms with van der Waals surface area (Å²) in [6.45, 7) is 7.55. The highest BCUT2D eigenvalue weighted by Gasteiger charge is 2.22. The molecule has 0 radical (unpaired) electrons. The zero-order valence-corrected chi connectivity index (χ0v) is 19.0. The zero-order chi connectivity index (χ0) is 21.5. The van der Waals surface area contributed by atoms with Gasteiger partial charge >= 0.3 is 0 Å². The molecule has 0 aliphatic carbocycles. The van der Waals surface area contributed by atoms with Crippen LogP contribution in [-0.4, -0.2) is 55.0 Å². The maximum atomic E-state index is 12.9. The maximum Gasteiger partial charge on any atom is 0.234 e. The Bertz CT molecular complexity index is 933. The molecule has 2 heterocycles. The predicted molar refractivity (Wildman–Crippen MR) is 129 cm³/mol. The number of amides is 1. The lowest BCUT2D eigenvalue weighted by Crippen LogP contribution is -2.50. The van der Waals surface area contributed by atoms with E-state index in [9.17, 15) is 4.79 Å². The Balaban J connectivity index is 1.27. The first-order chi connectivity index (χ1) is 15.2. The molecule has 1 aliphatic rings. The van der Waals surface area contributed by atoms with Crippen LogP contribution in [0.2, 0.25) is 0 Å². The Morgan fingerprint density at radius 3 is 2.32 bits per heavy atom. The minimum atomic E-state index is -0.0831. The average Bonchev–Trinajstić information content (AvgIpc) is 3.33. The maximum absolute atomic E-state index is 12.9. The first-order valence-corrected chi connectivity index (χ1v) is 11.9. The van der Waals surface area contributed by atoms with Gasteiger partial charge in [-0.15, -0.1) is 11.3 Å². The second kappa shape index (κ2) is 10.7. The molecule has 162 valence electrons. The molecule has 4 rings (SSSR count). The average molecular weight is 434 g/mol. The van der Waals surface area contributed by atoms with E-state index < -0.39 is 0 Å². The van der Waals surface area contributed by atoms with Crippen molar-refractivity contribution in [1.29, 1.82) is 0 Å². The van der Waals surface area contributed by atoms with Gasteiger partial charge in [-0.1, -0.05) is 66.2 Å². The minimum absolute atomic E-state index is 0.0831. The molecule has 1 fully saturated rings. The fourth-order valence-corrected chi connectivity index (χ4v) is 4.85. The van der Waals surface area contributed by atoms with Gasteiger partial charge in [0.15, 0.2) is 0 Å². The smallest absolute Gasteiger partial charge is 0.234 e. The summed E-state index contributed by atoms with van der Waals surface area (Å²) < 4.78 is 0. The van der Waals surface area contributed by atoms with Crippen LogP contribution in [0, 0.1) is 6.92 Å². The molecule has 31 heavy (non-hydrogen) atoms. The summed E-state index contributed by atoms with van der Waals surface area (Å²) in [4.78, 5) is 18.8. The van der Waals surface area contributed by atoms with Crippen LogP contribution in [0.15, 0.2) is 72.1 Å². The number of carbonyl (C=O) groups excluding carboxylic acids is 1. The largest absolute Gasteiger partial charge is 0.343 e. The molecule has 1 aromatic heterocycles. The molecular formula is C26H31N3OS. The van der Waals surface area contributed by atoms with E-state index in [2.05, 4.69) is 88.1 Å². The van der Waals surface area contributed by atoms with Gasteiger partial charge in [0.1, 0.15) is 0 Å². The van der Waals surface area contributed by atoms with Crippen molar-refractivity contribution in [2.45, 2.75) is 19.4 Å². The second-order valence-corrected chi connectivity index (χ2v) is 9.26. The van der Waals surface area contributed by atoms with E-state index in [1.165, 1.54) is 16.0 Å². The van der Waals surface area contributed by atoms with Crippen molar-refractivity contribution in [1.82, 2.24) is 15.1 Å². The van der Waals surface area contributed by atoms with E-state index in [1.54, 1.807) is 11.3 Å². The topological polar surface area (TPSA) is 35.6 Å². The van der Waals surface area contributed by atoms with Crippen molar-refractivity contribution in [2.75, 3.05) is 39.3 Å². The van der Waals surface area contributed by atoms with Crippen molar-refractivity contribution < 1.29 is 4.79 Å². The van der Waals surface area contributed by atoms with Gasteiger partial charge in [-0.05, 0) is 35.9 Å². The van der Waals surface area contributed by atoms with E-state index in [-0.39, 0.29) is 11.9 Å². The molecule has 0 bridgehead atoms. The highest BCUT2D eigenvalue weighted by Crippen LogP contribution is 2.26. The van der Waals surface area contributed by atoms with Crippen LogP contribution in [-0.2, 0) is 11.2 Å². The number of benzene rings is 2. The molecular weight excluding hydrogens is 402 g/mol. The molecule has 0 saturated carbocycles. The van der Waals surface area contributed by atoms with Gasteiger partial charge in [-0.25, -0.2) is 0 Å². The molecule has 2 aromatic carbocycles. The minimum Gasteiger partial charge on any atom is -0.343 e. The van der Waals surface area contributed by atoms with Crippen LogP contribution in [0.5, 0.6) is 0 Å². The van der Waals surface area contributed by atoms with Crippen molar-refractivity contribution >= 4 is 17.2 Å². The molecule has 1 aliphatic heterocycles. The summed E-state index contributed by atoms with van der Waals surface area (Å²) in [5, 5.41) is 5.34. The lowest BCUT2D eigenvalue weighted by atomic mass is 10.0. The number of nitrogens with one attached hydrogen (secondary N) is 1. The van der Waals surface area contributed by atoms with Gasteiger partial charge in [0.2, 0.25) is 5.91 Å². The van der Waals surface area contributed by atoms with E-state index in [4.69, 9.17) is 0 Å². The van der Waals surface area contributed by atoms with Gasteiger partial charge in [-0.3, -0.25) is 9.69 Å². The van der Waals surface area contributed by atoms with E-state index in [0.29, 0.717) is 6.54 Å². The zero-order valence-electron chi connectivity index (χ0n) is 18.2. The summed E-state index contributed by atoms with van der Waals surface area (Å²) in [7, 11) is 0. The van der Waals surface area contributed by atoms with Gasteiger partial charge in [-0.2, -0.15) is 0 Å². The summed E-state index contributed by atoms with van der Waals surface area (Å²) >= 11 is 1.69. The Kier molecular flexibility index (Phi) is 7.52. The number of nitrogens with zero attached hydrogens (tertiary/aromatic N) is 2. The summed E-state index contributed by atoms with van der Waals surface area (Å²) in [5.74, 6) is 0.0942. The standard InChI is InChI=1S/C26H31N3OS/c1-21-9-11-23(12-10-21)26(24-8-5-19-31-24)27-25(30)20-29-17-15-28(16-18-29)14-13-22-6-3-2-4-7-22/h2-12,19,26H,13-18,20H2,1H3,(H,27,30). The van der Waals surface area contributed by atoms with Gasteiger partial charge in [0, 0.05) is 37.6 Å². The van der Waals surface area contributed by atoms with Crippen LogP contribution in [0.25, 0.3) is 0 Å². The molecule has 1 unspecified atom stereocenters. The number of piperazine rings is 1. The fraction of sp³-hybridized carbons (Fsp3) is 0.346. The van der Waals surface area contributed by atoms with Crippen molar-refractivity contribution in [3.63, 3.8) is 0 Å². The van der Waals surface area contributed by atoms with Crippen LogP contribution < -0.4 is 5.32 Å². The van der Waals surface area contributed by atoms with Crippen LogP contribution in [0.4, 0.5) is 0 Å². The quantitative estimate of drug-likeness (QED) is 0.580. The lowest BCUT2D eigenvalue weighted by Gasteiger charge is -2.34. The number of aryl methyl sites for hydroxylation is 1. The number of hydrogen-bond donors (Lipinski definition) is 1. The van der Waals surface area contributed by atoms with Crippen molar-refractivity contribution in [3.05, 3.63) is 93.7 Å². The third-order valence-electron chi connectivity index (χ3n) is 5.94. The molecule has 1 atom stereocenters. The Hall–Kier alpha value is -2.47. The van der Waals surface area contributed by atoms with Crippen LogP contribution in [0.1, 0.15) is 27.6 Å². The number of rotatable bonds is 8. The van der Waals surface area contributed by atoms with Gasteiger partial charge in [0.05, 0.1) is 12.6 Å². The number of thiophene rings is 1. The predicted octanol–water partition coefficient (Wildman–Crippen LogP) is 4.12. The Morgan fingerprint density at radius 2 is 1.65 bits per heavy atom. The Morgan fingerprint density at radius 1 is 0.935 bits per heavy atom. The monoisotopic (exact) mass is 433 g/mol.